The van der Waals surface area contributed by atoms with Gasteiger partial charge in [0.1, 0.15) is 0 Å². The number of anilines is 1. The lowest BCUT2D eigenvalue weighted by Gasteiger charge is -2.14. The van der Waals surface area contributed by atoms with Gasteiger partial charge in [-0.05, 0) is 44.0 Å². The summed E-state index contributed by atoms with van der Waals surface area (Å²) in [5.41, 5.74) is 0.938. The number of aliphatic hydroxyl groups excluding tert-OH is 1. The zero-order valence-electron chi connectivity index (χ0n) is 8.34. The fraction of sp³-hybridized carbons (Fsp3) is 0.400. The summed E-state index contributed by atoms with van der Waals surface area (Å²) in [5.74, 6) is 0. The van der Waals surface area contributed by atoms with Crippen LogP contribution in [0.5, 0.6) is 0 Å². The highest BCUT2D eigenvalue weighted by atomic mass is 79.9. The molecule has 0 aliphatic carbocycles. The van der Waals surface area contributed by atoms with Crippen LogP contribution < -0.4 is 5.32 Å². The van der Waals surface area contributed by atoms with Gasteiger partial charge in [-0.3, -0.25) is 0 Å². The average Bonchev–Trinajstić information content (AvgIpc) is 2.17. The topological polar surface area (TPSA) is 41.5 Å². The largest absolute Gasteiger partial charge is 0.389 e. The van der Waals surface area contributed by atoms with Crippen molar-refractivity contribution in [3.8, 4) is 0 Å². The lowest BCUT2D eigenvalue weighted by Crippen LogP contribution is -2.24. The normalized spacial score (nSPS) is 12.5. The minimum absolute atomic E-state index is 0.328. The van der Waals surface area contributed by atoms with Crippen molar-refractivity contribution in [1.29, 1.82) is 0 Å². The summed E-state index contributed by atoms with van der Waals surface area (Å²) in [6.45, 7) is 0.782. The Morgan fingerprint density at radius 1 is 1.40 bits per heavy atom. The summed E-state index contributed by atoms with van der Waals surface area (Å²) in [6.07, 6.45) is -0.506. The molecule has 0 spiro atoms. The van der Waals surface area contributed by atoms with Crippen molar-refractivity contribution in [1.82, 2.24) is 0 Å². The van der Waals surface area contributed by atoms with Gasteiger partial charge in [0.25, 0.3) is 0 Å². The molecule has 1 aromatic rings. The molecule has 84 valence electrons. The number of benzene rings is 1. The van der Waals surface area contributed by atoms with Gasteiger partial charge in [-0.15, -0.1) is 0 Å². The van der Waals surface area contributed by atoms with E-state index in [-0.39, 0.29) is 0 Å². The van der Waals surface area contributed by atoms with Gasteiger partial charge in [0.05, 0.1) is 18.4 Å². The lowest BCUT2D eigenvalue weighted by atomic mass is 10.3. The number of hydrogen-bond donors (Lipinski definition) is 2. The first-order valence-electron chi connectivity index (χ1n) is 4.50. The van der Waals surface area contributed by atoms with Gasteiger partial charge in [-0.25, -0.2) is 0 Å². The maximum atomic E-state index is 9.47. The van der Waals surface area contributed by atoms with Crippen LogP contribution in [0.3, 0.4) is 0 Å². The SMILES string of the molecule is COCC(O)CNc1c(Br)cccc1Br. The second-order valence-electron chi connectivity index (χ2n) is 3.09. The van der Waals surface area contributed by atoms with Crippen molar-refractivity contribution in [2.45, 2.75) is 6.10 Å². The Morgan fingerprint density at radius 2 is 2.00 bits per heavy atom. The van der Waals surface area contributed by atoms with E-state index < -0.39 is 6.10 Å². The van der Waals surface area contributed by atoms with Crippen LogP contribution in [0.2, 0.25) is 0 Å². The number of halogens is 2. The summed E-state index contributed by atoms with van der Waals surface area (Å²) in [4.78, 5) is 0. The van der Waals surface area contributed by atoms with Gasteiger partial charge >= 0.3 is 0 Å². The molecule has 1 aromatic carbocycles. The molecule has 0 fully saturated rings. The number of hydrogen-bond acceptors (Lipinski definition) is 3. The van der Waals surface area contributed by atoms with Gasteiger partial charge in [-0.2, -0.15) is 0 Å². The smallest absolute Gasteiger partial charge is 0.0945 e. The number of aliphatic hydroxyl groups is 1. The molecule has 3 nitrogen and oxygen atoms in total. The Morgan fingerprint density at radius 3 is 2.53 bits per heavy atom. The zero-order valence-corrected chi connectivity index (χ0v) is 11.5. The van der Waals surface area contributed by atoms with Crippen molar-refractivity contribution in [3.63, 3.8) is 0 Å². The number of rotatable bonds is 5. The Labute approximate surface area is 106 Å². The molecule has 5 heteroatoms. The van der Waals surface area contributed by atoms with Gasteiger partial charge in [0, 0.05) is 22.6 Å². The van der Waals surface area contributed by atoms with E-state index in [0.29, 0.717) is 13.2 Å². The van der Waals surface area contributed by atoms with Gasteiger partial charge < -0.3 is 15.2 Å². The molecule has 0 amide bonds. The van der Waals surface area contributed by atoms with Crippen LogP contribution in [-0.2, 0) is 4.74 Å². The van der Waals surface area contributed by atoms with Crippen molar-refractivity contribution >= 4 is 37.5 Å². The van der Waals surface area contributed by atoms with E-state index >= 15 is 0 Å². The van der Waals surface area contributed by atoms with Crippen molar-refractivity contribution in [2.75, 3.05) is 25.6 Å². The highest BCUT2D eigenvalue weighted by Gasteiger charge is 2.07. The molecule has 1 rings (SSSR count). The number of methoxy groups -OCH3 is 1. The van der Waals surface area contributed by atoms with E-state index in [9.17, 15) is 5.11 Å². The molecule has 0 heterocycles. The molecule has 0 aromatic heterocycles. The molecule has 0 saturated carbocycles. The maximum absolute atomic E-state index is 9.47. The molecule has 0 aliphatic heterocycles. The second kappa shape index (κ2) is 6.48. The molecule has 2 N–H and O–H groups in total. The standard InChI is InChI=1S/C10H13Br2NO2/c1-15-6-7(14)5-13-10-8(11)3-2-4-9(10)12/h2-4,7,13-14H,5-6H2,1H3. The third-order valence-electron chi connectivity index (χ3n) is 1.84. The predicted molar refractivity (Wildman–Crippen MR) is 68.2 cm³/mol. The summed E-state index contributed by atoms with van der Waals surface area (Å²) >= 11 is 6.86. The van der Waals surface area contributed by atoms with Crippen molar-refractivity contribution < 1.29 is 9.84 Å². The molecular weight excluding hydrogens is 326 g/mol. The van der Waals surface area contributed by atoms with Gasteiger partial charge in [0.15, 0.2) is 0 Å². The monoisotopic (exact) mass is 337 g/mol. The lowest BCUT2D eigenvalue weighted by molar-refractivity contribution is 0.0727. The van der Waals surface area contributed by atoms with E-state index in [2.05, 4.69) is 37.2 Å². The quantitative estimate of drug-likeness (QED) is 0.867. The van der Waals surface area contributed by atoms with Crippen LogP contribution in [0.1, 0.15) is 0 Å². The third kappa shape index (κ3) is 4.10. The average molecular weight is 339 g/mol. The highest BCUT2D eigenvalue weighted by molar-refractivity contribution is 9.11. The van der Waals surface area contributed by atoms with Crippen LogP contribution >= 0.6 is 31.9 Å². The number of ether oxygens (including phenoxy) is 1. The minimum Gasteiger partial charge on any atom is -0.389 e. The molecule has 0 bridgehead atoms. The van der Waals surface area contributed by atoms with Gasteiger partial charge in [-0.1, -0.05) is 6.07 Å². The Bertz CT molecular complexity index is 300. The highest BCUT2D eigenvalue weighted by Crippen LogP contribution is 2.30. The minimum atomic E-state index is -0.506. The molecule has 0 radical (unpaired) electrons. The molecule has 1 unspecified atom stereocenters. The Balaban J connectivity index is 2.57. The number of para-hydroxylation sites is 1. The fourth-order valence-electron chi connectivity index (χ4n) is 1.14. The summed E-state index contributed by atoms with van der Waals surface area (Å²) in [5, 5.41) is 12.6. The van der Waals surface area contributed by atoms with Crippen molar-refractivity contribution in [3.05, 3.63) is 27.1 Å². The van der Waals surface area contributed by atoms with Gasteiger partial charge in [0.2, 0.25) is 0 Å². The Kier molecular flexibility index (Phi) is 5.60. The predicted octanol–water partition coefficient (Wildman–Crippen LogP) is 2.63. The van der Waals surface area contributed by atoms with Crippen LogP contribution in [0.25, 0.3) is 0 Å². The first kappa shape index (κ1) is 13.0. The second-order valence-corrected chi connectivity index (χ2v) is 4.80. The van der Waals surface area contributed by atoms with E-state index in [4.69, 9.17) is 4.74 Å². The summed E-state index contributed by atoms with van der Waals surface area (Å²) < 4.78 is 6.76. The first-order chi connectivity index (χ1) is 7.15. The van der Waals surface area contributed by atoms with E-state index in [1.54, 1.807) is 7.11 Å². The fourth-order valence-corrected chi connectivity index (χ4v) is 2.42. The van der Waals surface area contributed by atoms with Crippen LogP contribution in [0.4, 0.5) is 5.69 Å². The molecular formula is C10H13Br2NO2. The van der Waals surface area contributed by atoms with Crippen LogP contribution in [0.15, 0.2) is 27.1 Å². The van der Waals surface area contributed by atoms with Crippen molar-refractivity contribution in [2.24, 2.45) is 0 Å². The third-order valence-corrected chi connectivity index (χ3v) is 3.16. The summed E-state index contributed by atoms with van der Waals surface area (Å²) in [6, 6.07) is 5.82. The molecule has 0 saturated heterocycles. The van der Waals surface area contributed by atoms with Crippen LogP contribution in [0, 0.1) is 0 Å². The van der Waals surface area contributed by atoms with E-state index in [0.717, 1.165) is 14.6 Å². The summed E-state index contributed by atoms with van der Waals surface area (Å²) in [7, 11) is 1.57. The zero-order chi connectivity index (χ0) is 11.3. The van der Waals surface area contributed by atoms with Crippen LogP contribution in [-0.4, -0.2) is 31.5 Å². The Hall–Kier alpha value is -0.100. The number of nitrogens with one attached hydrogen (secondary N) is 1. The van der Waals surface area contributed by atoms with E-state index in [1.165, 1.54) is 0 Å². The first-order valence-corrected chi connectivity index (χ1v) is 6.08. The molecule has 1 atom stereocenters. The molecule has 15 heavy (non-hydrogen) atoms. The maximum Gasteiger partial charge on any atom is 0.0945 e. The molecule has 0 aliphatic rings. The van der Waals surface area contributed by atoms with E-state index in [1.807, 2.05) is 18.2 Å².